The molecule has 1 atom stereocenters. The number of hydrogen-bond acceptors (Lipinski definition) is 2. The summed E-state index contributed by atoms with van der Waals surface area (Å²) in [4.78, 5) is 10.7. The van der Waals surface area contributed by atoms with Gasteiger partial charge in [0.25, 0.3) is 0 Å². The summed E-state index contributed by atoms with van der Waals surface area (Å²) in [6, 6.07) is 8.37. The molecule has 0 heterocycles. The average molecular weight is 195 g/mol. The number of nitrogens with two attached hydrogens (primary N) is 1. The molecular weight excluding hydrogens is 188 g/mol. The van der Waals surface area contributed by atoms with Gasteiger partial charge in [-0.1, -0.05) is 12.1 Å². The third kappa shape index (κ3) is 2.20. The van der Waals surface area contributed by atoms with E-state index in [0.29, 0.717) is 11.1 Å². The summed E-state index contributed by atoms with van der Waals surface area (Å²) in [5, 5.41) is 7.68. The van der Waals surface area contributed by atoms with Gasteiger partial charge in [0, 0.05) is 0 Å². The summed E-state index contributed by atoms with van der Waals surface area (Å²) in [6.07, 6.45) is 0. The van der Waals surface area contributed by atoms with Crippen LogP contribution in [0.5, 0.6) is 0 Å². The highest BCUT2D eigenvalue weighted by molar-refractivity contribution is 6.30. The maximum Gasteiger partial charge on any atom is 0.240 e. The van der Waals surface area contributed by atoms with Crippen molar-refractivity contribution in [3.63, 3.8) is 0 Å². The van der Waals surface area contributed by atoms with Crippen molar-refractivity contribution in [1.29, 1.82) is 5.26 Å². The minimum Gasteiger partial charge on any atom is -0.368 e. The van der Waals surface area contributed by atoms with E-state index in [1.807, 2.05) is 6.07 Å². The average Bonchev–Trinajstić information content (AvgIpc) is 2.17. The van der Waals surface area contributed by atoms with Crippen LogP contribution in [0.4, 0.5) is 0 Å². The molecule has 0 fully saturated rings. The monoisotopic (exact) mass is 194 g/mol. The Labute approximate surface area is 80.7 Å². The van der Waals surface area contributed by atoms with Gasteiger partial charge in [0.15, 0.2) is 0 Å². The molecule has 66 valence electrons. The molecule has 0 bridgehead atoms. The van der Waals surface area contributed by atoms with Crippen molar-refractivity contribution >= 4 is 17.5 Å². The molecule has 1 rings (SSSR count). The maximum atomic E-state index is 10.7. The lowest BCUT2D eigenvalue weighted by Crippen LogP contribution is -2.16. The molecule has 0 aromatic heterocycles. The van der Waals surface area contributed by atoms with Gasteiger partial charge in [-0.15, -0.1) is 11.6 Å². The second-order valence-corrected chi connectivity index (χ2v) is 2.94. The SMILES string of the molecule is N#Cc1ccc([C@H](Cl)C(N)=O)cc1. The standard InChI is InChI=1S/C9H7ClN2O/c10-8(9(12)13)7-3-1-6(5-11)2-4-7/h1-4,8H,(H2,12,13)/t8-/m0/s1. The van der Waals surface area contributed by atoms with Gasteiger partial charge >= 0.3 is 0 Å². The second kappa shape index (κ2) is 3.92. The summed E-state index contributed by atoms with van der Waals surface area (Å²) < 4.78 is 0. The minimum absolute atomic E-state index is 0.525. The zero-order valence-electron chi connectivity index (χ0n) is 6.70. The Bertz CT molecular complexity index is 353. The molecular formula is C9H7ClN2O. The lowest BCUT2D eigenvalue weighted by Gasteiger charge is -2.04. The van der Waals surface area contributed by atoms with E-state index in [9.17, 15) is 4.79 Å². The molecule has 3 nitrogen and oxygen atoms in total. The summed E-state index contributed by atoms with van der Waals surface area (Å²) >= 11 is 5.68. The van der Waals surface area contributed by atoms with Crippen molar-refractivity contribution in [2.75, 3.05) is 0 Å². The maximum absolute atomic E-state index is 10.7. The summed E-state index contributed by atoms with van der Waals surface area (Å²) in [6.45, 7) is 0. The van der Waals surface area contributed by atoms with E-state index >= 15 is 0 Å². The highest BCUT2D eigenvalue weighted by atomic mass is 35.5. The van der Waals surface area contributed by atoms with E-state index < -0.39 is 11.3 Å². The van der Waals surface area contributed by atoms with Gasteiger partial charge < -0.3 is 5.73 Å². The van der Waals surface area contributed by atoms with Gasteiger partial charge in [-0.25, -0.2) is 0 Å². The molecule has 0 unspecified atom stereocenters. The molecule has 1 aromatic carbocycles. The Morgan fingerprint density at radius 1 is 1.46 bits per heavy atom. The Kier molecular flexibility index (Phi) is 2.88. The van der Waals surface area contributed by atoms with Crippen molar-refractivity contribution in [2.24, 2.45) is 5.73 Å². The zero-order valence-corrected chi connectivity index (χ0v) is 7.45. The van der Waals surface area contributed by atoms with Crippen LogP contribution in [0, 0.1) is 11.3 Å². The quantitative estimate of drug-likeness (QED) is 0.722. The fourth-order valence-corrected chi connectivity index (χ4v) is 1.04. The molecule has 0 aliphatic carbocycles. The van der Waals surface area contributed by atoms with Gasteiger partial charge in [-0.3, -0.25) is 4.79 Å². The van der Waals surface area contributed by atoms with Crippen LogP contribution in [-0.2, 0) is 4.79 Å². The lowest BCUT2D eigenvalue weighted by atomic mass is 10.1. The summed E-state index contributed by atoms with van der Waals surface area (Å²) in [7, 11) is 0. The van der Waals surface area contributed by atoms with Crippen molar-refractivity contribution in [3.8, 4) is 6.07 Å². The first-order chi connectivity index (χ1) is 6.15. The van der Waals surface area contributed by atoms with E-state index in [4.69, 9.17) is 22.6 Å². The molecule has 0 aliphatic rings. The number of nitrogens with zero attached hydrogens (tertiary/aromatic N) is 1. The second-order valence-electron chi connectivity index (χ2n) is 2.50. The summed E-state index contributed by atoms with van der Waals surface area (Å²) in [5.41, 5.74) is 6.13. The van der Waals surface area contributed by atoms with Crippen molar-refractivity contribution in [2.45, 2.75) is 5.38 Å². The minimum atomic E-state index is -0.826. The molecule has 13 heavy (non-hydrogen) atoms. The molecule has 1 aromatic rings. The predicted molar refractivity (Wildman–Crippen MR) is 48.9 cm³/mol. The van der Waals surface area contributed by atoms with Crippen LogP contribution < -0.4 is 5.73 Å². The number of nitriles is 1. The number of halogens is 1. The molecule has 0 aliphatic heterocycles. The van der Waals surface area contributed by atoms with Crippen LogP contribution in [0.15, 0.2) is 24.3 Å². The first-order valence-electron chi connectivity index (χ1n) is 3.58. The molecule has 0 saturated carbocycles. The Hall–Kier alpha value is -1.53. The molecule has 0 saturated heterocycles. The van der Waals surface area contributed by atoms with Crippen LogP contribution in [0.3, 0.4) is 0 Å². The van der Waals surface area contributed by atoms with Gasteiger partial charge in [-0.05, 0) is 17.7 Å². The number of rotatable bonds is 2. The van der Waals surface area contributed by atoms with Crippen LogP contribution in [-0.4, -0.2) is 5.91 Å². The van der Waals surface area contributed by atoms with Crippen molar-refractivity contribution < 1.29 is 4.79 Å². The fourth-order valence-electron chi connectivity index (χ4n) is 0.891. The Morgan fingerprint density at radius 3 is 2.38 bits per heavy atom. The lowest BCUT2D eigenvalue weighted by molar-refractivity contribution is -0.117. The van der Waals surface area contributed by atoms with Crippen LogP contribution in [0.1, 0.15) is 16.5 Å². The number of carbonyl (C=O) groups is 1. The van der Waals surface area contributed by atoms with Crippen molar-refractivity contribution in [3.05, 3.63) is 35.4 Å². The fraction of sp³-hybridized carbons (Fsp3) is 0.111. The largest absolute Gasteiger partial charge is 0.368 e. The number of carbonyl (C=O) groups excluding carboxylic acids is 1. The third-order valence-electron chi connectivity index (χ3n) is 1.58. The van der Waals surface area contributed by atoms with E-state index in [1.165, 1.54) is 0 Å². The predicted octanol–water partition coefficient (Wildman–Crippen LogP) is 1.32. The molecule has 1 amide bonds. The third-order valence-corrected chi connectivity index (χ3v) is 2.05. The zero-order chi connectivity index (χ0) is 9.84. The van der Waals surface area contributed by atoms with E-state index in [1.54, 1.807) is 24.3 Å². The number of hydrogen-bond donors (Lipinski definition) is 1. The molecule has 0 spiro atoms. The van der Waals surface area contributed by atoms with Crippen LogP contribution in [0.25, 0.3) is 0 Å². The van der Waals surface area contributed by atoms with E-state index in [0.717, 1.165) is 0 Å². The highest BCUT2D eigenvalue weighted by Crippen LogP contribution is 2.19. The van der Waals surface area contributed by atoms with Crippen molar-refractivity contribution in [1.82, 2.24) is 0 Å². The van der Waals surface area contributed by atoms with Gasteiger partial charge in [-0.2, -0.15) is 5.26 Å². The first kappa shape index (κ1) is 9.56. The number of amides is 1. The van der Waals surface area contributed by atoms with Gasteiger partial charge in [0.1, 0.15) is 5.38 Å². The molecule has 4 heteroatoms. The summed E-state index contributed by atoms with van der Waals surface area (Å²) in [5.74, 6) is -0.591. The molecule has 0 radical (unpaired) electrons. The van der Waals surface area contributed by atoms with Gasteiger partial charge in [0.2, 0.25) is 5.91 Å². The number of alkyl halides is 1. The van der Waals surface area contributed by atoms with Crippen LogP contribution >= 0.6 is 11.6 Å². The smallest absolute Gasteiger partial charge is 0.240 e. The highest BCUT2D eigenvalue weighted by Gasteiger charge is 2.13. The number of benzene rings is 1. The first-order valence-corrected chi connectivity index (χ1v) is 4.02. The van der Waals surface area contributed by atoms with Gasteiger partial charge in [0.05, 0.1) is 11.6 Å². The van der Waals surface area contributed by atoms with E-state index in [2.05, 4.69) is 0 Å². The topological polar surface area (TPSA) is 66.9 Å². The number of primary amides is 1. The van der Waals surface area contributed by atoms with Crippen LogP contribution in [0.2, 0.25) is 0 Å². The Morgan fingerprint density at radius 2 is 2.00 bits per heavy atom. The Balaban J connectivity index is 2.93. The molecule has 2 N–H and O–H groups in total. The van der Waals surface area contributed by atoms with E-state index in [-0.39, 0.29) is 0 Å². The normalized spacial score (nSPS) is 11.7.